The minimum Gasteiger partial charge on any atom is -0.423 e. The van der Waals surface area contributed by atoms with Crippen molar-refractivity contribution in [3.8, 4) is 5.69 Å². The molecule has 2 N–H and O–H groups in total. The van der Waals surface area contributed by atoms with Gasteiger partial charge in [0.25, 0.3) is 0 Å². The zero-order valence-electron chi connectivity index (χ0n) is 9.26. The van der Waals surface area contributed by atoms with E-state index in [9.17, 15) is 17.6 Å². The van der Waals surface area contributed by atoms with Crippen LogP contribution in [0, 0.1) is 5.82 Å². The van der Waals surface area contributed by atoms with Crippen molar-refractivity contribution in [2.75, 3.05) is 0 Å². The summed E-state index contributed by atoms with van der Waals surface area (Å²) in [5.41, 5.74) is -1.44. The number of hydrogen-bond acceptors (Lipinski definition) is 3. The lowest BCUT2D eigenvalue weighted by atomic mass is 9.83. The molecule has 0 unspecified atom stereocenters. The molecule has 0 atom stereocenters. The Morgan fingerprint density at radius 3 is 2.42 bits per heavy atom. The van der Waals surface area contributed by atoms with Crippen LogP contribution in [0.1, 0.15) is 5.56 Å². The summed E-state index contributed by atoms with van der Waals surface area (Å²) >= 11 is 0. The Labute approximate surface area is 105 Å². The van der Waals surface area contributed by atoms with Crippen molar-refractivity contribution >= 4 is 12.6 Å². The maximum Gasteiger partial charge on any atom is 0.491 e. The van der Waals surface area contributed by atoms with Crippen molar-refractivity contribution in [1.82, 2.24) is 9.78 Å². The van der Waals surface area contributed by atoms with Gasteiger partial charge >= 0.3 is 13.3 Å². The van der Waals surface area contributed by atoms with E-state index in [-0.39, 0.29) is 11.2 Å². The normalized spacial score (nSPS) is 11.7. The molecule has 0 spiro atoms. The summed E-state index contributed by atoms with van der Waals surface area (Å²) in [6.07, 6.45) is -2.59. The fourth-order valence-electron chi connectivity index (χ4n) is 1.48. The quantitative estimate of drug-likeness (QED) is 0.626. The van der Waals surface area contributed by atoms with Gasteiger partial charge in [0.2, 0.25) is 0 Å². The number of halogens is 4. The van der Waals surface area contributed by atoms with E-state index in [1.165, 1.54) is 0 Å². The summed E-state index contributed by atoms with van der Waals surface area (Å²) in [5, 5.41) is 21.4. The van der Waals surface area contributed by atoms with E-state index in [1.54, 1.807) is 0 Å². The molecule has 1 heterocycles. The Morgan fingerprint density at radius 1 is 1.21 bits per heavy atom. The van der Waals surface area contributed by atoms with Gasteiger partial charge in [-0.05, 0) is 18.2 Å². The lowest BCUT2D eigenvalue weighted by molar-refractivity contribution is -0.140. The highest BCUT2D eigenvalue weighted by molar-refractivity contribution is 6.58. The maximum atomic E-state index is 13.1. The first kappa shape index (κ1) is 13.6. The molecule has 0 bridgehead atoms. The first-order valence-electron chi connectivity index (χ1n) is 5.07. The largest absolute Gasteiger partial charge is 0.491 e. The van der Waals surface area contributed by atoms with Crippen LogP contribution in [0.25, 0.3) is 5.69 Å². The zero-order valence-corrected chi connectivity index (χ0v) is 9.26. The Bertz CT molecular complexity index is 597. The highest BCUT2D eigenvalue weighted by Gasteiger charge is 2.34. The molecule has 0 saturated heterocycles. The molecule has 1 aromatic carbocycles. The zero-order chi connectivity index (χ0) is 14.2. The smallest absolute Gasteiger partial charge is 0.423 e. The van der Waals surface area contributed by atoms with E-state index in [4.69, 9.17) is 10.0 Å². The van der Waals surface area contributed by atoms with Crippen LogP contribution in [0.5, 0.6) is 0 Å². The molecule has 4 nitrogen and oxygen atoms in total. The average molecular weight is 274 g/mol. The molecule has 0 amide bonds. The molecule has 1 aromatic heterocycles. The Hall–Kier alpha value is -1.87. The molecular formula is C10H7BF4N2O2. The minimum absolute atomic E-state index is 0.0119. The molecule has 2 aromatic rings. The molecule has 0 radical (unpaired) electrons. The van der Waals surface area contributed by atoms with Crippen molar-refractivity contribution < 1.29 is 27.6 Å². The second-order valence-electron chi connectivity index (χ2n) is 3.75. The Kier molecular flexibility index (Phi) is 3.33. The third-order valence-corrected chi connectivity index (χ3v) is 2.42. The molecule has 0 saturated carbocycles. The van der Waals surface area contributed by atoms with Crippen LogP contribution in [-0.2, 0) is 6.18 Å². The van der Waals surface area contributed by atoms with E-state index in [0.29, 0.717) is 12.1 Å². The van der Waals surface area contributed by atoms with Crippen LogP contribution in [-0.4, -0.2) is 26.9 Å². The molecule has 0 aliphatic heterocycles. The summed E-state index contributed by atoms with van der Waals surface area (Å²) in [7, 11) is -1.78. The summed E-state index contributed by atoms with van der Waals surface area (Å²) < 4.78 is 51.7. The monoisotopic (exact) mass is 274 g/mol. The predicted octanol–water partition coefficient (Wildman–Crippen LogP) is 0.710. The number of hydrogen-bond donors (Lipinski definition) is 2. The van der Waals surface area contributed by atoms with Gasteiger partial charge in [0.05, 0.1) is 11.3 Å². The molecule has 2 rings (SSSR count). The van der Waals surface area contributed by atoms with Gasteiger partial charge in [-0.15, -0.1) is 0 Å². The fraction of sp³-hybridized carbons (Fsp3) is 0.100. The number of aromatic nitrogens is 2. The van der Waals surface area contributed by atoms with E-state index in [1.807, 2.05) is 0 Å². The second kappa shape index (κ2) is 4.67. The standard InChI is InChI=1S/C10H7BF4N2O2/c12-9-2-1-7(3-8(9)10(13,14)15)17-5-6(4-16-17)11(18)19/h1-5,18-19H. The van der Waals surface area contributed by atoms with Gasteiger partial charge in [-0.1, -0.05) is 0 Å². The SMILES string of the molecule is OB(O)c1cnn(-c2ccc(F)c(C(F)(F)F)c2)c1. The van der Waals surface area contributed by atoms with E-state index in [2.05, 4.69) is 5.10 Å². The first-order valence-corrected chi connectivity index (χ1v) is 5.07. The topological polar surface area (TPSA) is 58.3 Å². The van der Waals surface area contributed by atoms with Gasteiger partial charge in [0.1, 0.15) is 5.82 Å². The van der Waals surface area contributed by atoms with Crippen LogP contribution >= 0.6 is 0 Å². The van der Waals surface area contributed by atoms with Gasteiger partial charge < -0.3 is 10.0 Å². The second-order valence-corrected chi connectivity index (χ2v) is 3.75. The number of alkyl halides is 3. The van der Waals surface area contributed by atoms with Crippen LogP contribution in [0.4, 0.5) is 17.6 Å². The third-order valence-electron chi connectivity index (χ3n) is 2.42. The Morgan fingerprint density at radius 2 is 1.89 bits per heavy atom. The van der Waals surface area contributed by atoms with Crippen LogP contribution in [0.2, 0.25) is 0 Å². The number of benzene rings is 1. The highest BCUT2D eigenvalue weighted by atomic mass is 19.4. The van der Waals surface area contributed by atoms with Gasteiger partial charge in [0.15, 0.2) is 0 Å². The highest BCUT2D eigenvalue weighted by Crippen LogP contribution is 2.32. The van der Waals surface area contributed by atoms with Gasteiger partial charge in [-0.25, -0.2) is 9.07 Å². The first-order chi connectivity index (χ1) is 8.79. The fourth-order valence-corrected chi connectivity index (χ4v) is 1.48. The van der Waals surface area contributed by atoms with Crippen LogP contribution in [0.15, 0.2) is 30.6 Å². The van der Waals surface area contributed by atoms with Crippen LogP contribution < -0.4 is 5.46 Å². The number of rotatable bonds is 2. The summed E-state index contributed by atoms with van der Waals surface area (Å²) in [6.45, 7) is 0. The van der Waals surface area contributed by atoms with E-state index >= 15 is 0 Å². The maximum absolute atomic E-state index is 13.1. The summed E-state index contributed by atoms with van der Waals surface area (Å²) in [6, 6.07) is 2.37. The molecule has 100 valence electrons. The molecule has 19 heavy (non-hydrogen) atoms. The Balaban J connectivity index is 2.45. The van der Waals surface area contributed by atoms with Gasteiger partial charge in [-0.3, -0.25) is 0 Å². The molecular weight excluding hydrogens is 267 g/mol. The predicted molar refractivity (Wildman–Crippen MR) is 58.3 cm³/mol. The van der Waals surface area contributed by atoms with Gasteiger partial charge in [0, 0.05) is 17.9 Å². The van der Waals surface area contributed by atoms with Crippen LogP contribution in [0.3, 0.4) is 0 Å². The minimum atomic E-state index is -4.81. The summed E-state index contributed by atoms with van der Waals surface area (Å²) in [4.78, 5) is 0. The summed E-state index contributed by atoms with van der Waals surface area (Å²) in [5.74, 6) is -1.38. The van der Waals surface area contributed by atoms with Crippen molar-refractivity contribution in [2.24, 2.45) is 0 Å². The van der Waals surface area contributed by atoms with Gasteiger partial charge in [-0.2, -0.15) is 18.3 Å². The van der Waals surface area contributed by atoms with E-state index < -0.39 is 24.7 Å². The molecule has 9 heteroatoms. The lowest BCUT2D eigenvalue weighted by Crippen LogP contribution is -2.28. The number of nitrogens with zero attached hydrogens (tertiary/aromatic N) is 2. The van der Waals surface area contributed by atoms with E-state index in [0.717, 1.165) is 23.1 Å². The third kappa shape index (κ3) is 2.77. The molecule has 0 aliphatic rings. The average Bonchev–Trinajstić information content (AvgIpc) is 2.77. The van der Waals surface area contributed by atoms with Crippen molar-refractivity contribution in [2.45, 2.75) is 6.18 Å². The molecule has 0 aliphatic carbocycles. The molecule has 0 fully saturated rings. The van der Waals surface area contributed by atoms with Crippen molar-refractivity contribution in [3.05, 3.63) is 42.0 Å². The van der Waals surface area contributed by atoms with Crippen molar-refractivity contribution in [3.63, 3.8) is 0 Å². The van der Waals surface area contributed by atoms with Crippen molar-refractivity contribution in [1.29, 1.82) is 0 Å². The lowest BCUT2D eigenvalue weighted by Gasteiger charge is -2.10.